The van der Waals surface area contributed by atoms with E-state index in [9.17, 15) is 14.7 Å². The molecule has 2 aromatic carbocycles. The van der Waals surface area contributed by atoms with Crippen molar-refractivity contribution >= 4 is 17.6 Å². The third-order valence-corrected chi connectivity index (χ3v) is 4.76. The van der Waals surface area contributed by atoms with E-state index >= 15 is 0 Å². The Morgan fingerprint density at radius 2 is 1.93 bits per heavy atom. The van der Waals surface area contributed by atoms with Crippen LogP contribution in [-0.2, 0) is 4.79 Å². The minimum Gasteiger partial charge on any atom is -0.504 e. The monoisotopic (exact) mass is 395 g/mol. The van der Waals surface area contributed by atoms with Gasteiger partial charge in [-0.05, 0) is 57.0 Å². The van der Waals surface area contributed by atoms with Gasteiger partial charge in [-0.3, -0.25) is 4.79 Å². The molecular formula is C22H25N3O4. The van der Waals surface area contributed by atoms with Crippen molar-refractivity contribution in [3.63, 3.8) is 0 Å². The molecule has 0 aliphatic carbocycles. The zero-order valence-corrected chi connectivity index (χ0v) is 16.9. The van der Waals surface area contributed by atoms with E-state index in [1.54, 1.807) is 19.1 Å². The number of urea groups is 1. The van der Waals surface area contributed by atoms with Crippen LogP contribution in [0.2, 0.25) is 0 Å². The van der Waals surface area contributed by atoms with Crippen LogP contribution in [-0.4, -0.2) is 23.7 Å². The molecule has 3 rings (SSSR count). The summed E-state index contributed by atoms with van der Waals surface area (Å²) in [4.78, 5) is 25.2. The van der Waals surface area contributed by atoms with Gasteiger partial charge in [0.1, 0.15) is 0 Å². The van der Waals surface area contributed by atoms with Crippen molar-refractivity contribution < 1.29 is 19.4 Å². The maximum atomic E-state index is 13.1. The van der Waals surface area contributed by atoms with E-state index in [0.717, 1.165) is 11.1 Å². The van der Waals surface area contributed by atoms with Crippen LogP contribution in [0.25, 0.3) is 0 Å². The third-order valence-electron chi connectivity index (χ3n) is 4.76. The topological polar surface area (TPSA) is 99.7 Å². The molecule has 152 valence electrons. The fourth-order valence-corrected chi connectivity index (χ4v) is 3.37. The number of aromatic hydroxyl groups is 1. The molecule has 7 heteroatoms. The summed E-state index contributed by atoms with van der Waals surface area (Å²) >= 11 is 0. The molecule has 1 atom stereocenters. The number of carbonyl (C=O) groups excluding carboxylic acids is 2. The molecule has 0 radical (unpaired) electrons. The van der Waals surface area contributed by atoms with Crippen LogP contribution in [0.15, 0.2) is 47.7 Å². The summed E-state index contributed by atoms with van der Waals surface area (Å²) in [5, 5.41) is 18.4. The Morgan fingerprint density at radius 3 is 2.62 bits per heavy atom. The van der Waals surface area contributed by atoms with E-state index in [0.29, 0.717) is 34.9 Å². The van der Waals surface area contributed by atoms with Gasteiger partial charge < -0.3 is 25.8 Å². The normalized spacial score (nSPS) is 16.1. The first-order valence-corrected chi connectivity index (χ1v) is 9.42. The molecule has 1 aliphatic rings. The number of carbonyl (C=O) groups is 2. The van der Waals surface area contributed by atoms with Gasteiger partial charge in [0, 0.05) is 11.4 Å². The fraction of sp³-hybridized carbons (Fsp3) is 0.273. The number of amides is 3. The van der Waals surface area contributed by atoms with Crippen molar-refractivity contribution in [2.24, 2.45) is 0 Å². The van der Waals surface area contributed by atoms with Gasteiger partial charge in [0.2, 0.25) is 0 Å². The molecule has 4 N–H and O–H groups in total. The highest BCUT2D eigenvalue weighted by atomic mass is 16.5. The number of allylic oxidation sites excluding steroid dienone is 1. The van der Waals surface area contributed by atoms with Gasteiger partial charge in [0.25, 0.3) is 5.91 Å². The summed E-state index contributed by atoms with van der Waals surface area (Å²) in [6.45, 7) is 7.79. The number of hydrogen-bond donors (Lipinski definition) is 4. The van der Waals surface area contributed by atoms with Crippen LogP contribution >= 0.6 is 0 Å². The highest BCUT2D eigenvalue weighted by molar-refractivity contribution is 6.07. The third kappa shape index (κ3) is 4.34. The van der Waals surface area contributed by atoms with E-state index in [4.69, 9.17) is 4.74 Å². The Hall–Kier alpha value is -3.48. The number of ether oxygens (including phenoxy) is 1. The first-order valence-electron chi connectivity index (χ1n) is 9.42. The number of hydrogen-bond acceptors (Lipinski definition) is 4. The number of rotatable bonds is 5. The van der Waals surface area contributed by atoms with Crippen molar-refractivity contribution in [1.29, 1.82) is 0 Å². The second kappa shape index (κ2) is 8.26. The van der Waals surface area contributed by atoms with Gasteiger partial charge in [-0.25, -0.2) is 4.79 Å². The summed E-state index contributed by atoms with van der Waals surface area (Å²) in [5.74, 6) is -0.0274. The number of benzene rings is 2. The van der Waals surface area contributed by atoms with Crippen molar-refractivity contribution in [2.75, 3.05) is 11.9 Å². The number of phenols is 1. The SMILES string of the molecule is CCOc1cc([C@@H]2NC(=O)NC(C)=C2C(=O)Nc2ccc(C)cc2C)ccc1O. The second-order valence-electron chi connectivity index (χ2n) is 7.00. The molecule has 1 heterocycles. The van der Waals surface area contributed by atoms with Gasteiger partial charge >= 0.3 is 6.03 Å². The van der Waals surface area contributed by atoms with Crippen LogP contribution in [0.5, 0.6) is 11.5 Å². The Bertz CT molecular complexity index is 998. The number of phenolic OH excluding ortho intramolecular Hbond substituents is 1. The molecular weight excluding hydrogens is 370 g/mol. The lowest BCUT2D eigenvalue weighted by Gasteiger charge is -2.29. The van der Waals surface area contributed by atoms with Crippen molar-refractivity contribution in [3.8, 4) is 11.5 Å². The van der Waals surface area contributed by atoms with Crippen LogP contribution in [0, 0.1) is 13.8 Å². The van der Waals surface area contributed by atoms with Gasteiger partial charge in [-0.15, -0.1) is 0 Å². The summed E-state index contributed by atoms with van der Waals surface area (Å²) in [7, 11) is 0. The second-order valence-corrected chi connectivity index (χ2v) is 7.00. The van der Waals surface area contributed by atoms with Gasteiger partial charge in [0.15, 0.2) is 11.5 Å². The first kappa shape index (κ1) is 20.3. The van der Waals surface area contributed by atoms with Crippen molar-refractivity contribution in [3.05, 3.63) is 64.4 Å². The lowest BCUT2D eigenvalue weighted by Crippen LogP contribution is -2.46. The largest absolute Gasteiger partial charge is 0.504 e. The molecule has 0 unspecified atom stereocenters. The summed E-state index contributed by atoms with van der Waals surface area (Å²) in [5.41, 5.74) is 4.24. The number of nitrogens with one attached hydrogen (secondary N) is 3. The Kier molecular flexibility index (Phi) is 5.77. The summed E-state index contributed by atoms with van der Waals surface area (Å²) in [6.07, 6.45) is 0. The Morgan fingerprint density at radius 1 is 1.17 bits per heavy atom. The molecule has 0 bridgehead atoms. The highest BCUT2D eigenvalue weighted by Gasteiger charge is 2.32. The maximum absolute atomic E-state index is 13.1. The number of anilines is 1. The Labute approximate surface area is 169 Å². The zero-order chi connectivity index (χ0) is 21.1. The highest BCUT2D eigenvalue weighted by Crippen LogP contribution is 2.34. The fourth-order valence-electron chi connectivity index (χ4n) is 3.37. The zero-order valence-electron chi connectivity index (χ0n) is 16.9. The smallest absolute Gasteiger partial charge is 0.319 e. The quantitative estimate of drug-likeness (QED) is 0.621. The summed E-state index contributed by atoms with van der Waals surface area (Å²) < 4.78 is 5.45. The molecule has 3 amide bonds. The van der Waals surface area contributed by atoms with Crippen LogP contribution in [0.4, 0.5) is 10.5 Å². The van der Waals surface area contributed by atoms with Crippen molar-refractivity contribution in [2.45, 2.75) is 33.7 Å². The van der Waals surface area contributed by atoms with E-state index in [1.807, 2.05) is 39.0 Å². The molecule has 0 fully saturated rings. The molecule has 2 aromatic rings. The maximum Gasteiger partial charge on any atom is 0.319 e. The minimum absolute atomic E-state index is 0.00200. The van der Waals surface area contributed by atoms with Gasteiger partial charge in [0.05, 0.1) is 18.2 Å². The molecule has 0 spiro atoms. The predicted octanol–water partition coefficient (Wildman–Crippen LogP) is 3.67. The average molecular weight is 395 g/mol. The molecule has 0 aromatic heterocycles. The standard InChI is InChI=1S/C22H25N3O4/c1-5-29-18-11-15(7-9-17(18)26)20-19(14(4)23-22(28)25-20)21(27)24-16-8-6-12(2)10-13(16)3/h6-11,20,26H,5H2,1-4H3,(H,24,27)(H2,23,25,28)/t20-/m0/s1. The predicted molar refractivity (Wildman–Crippen MR) is 111 cm³/mol. The average Bonchev–Trinajstić information content (AvgIpc) is 2.65. The van der Waals surface area contributed by atoms with Gasteiger partial charge in [-0.2, -0.15) is 0 Å². The minimum atomic E-state index is -0.686. The molecule has 0 saturated heterocycles. The summed E-state index contributed by atoms with van der Waals surface area (Å²) in [6, 6.07) is 9.47. The van der Waals surface area contributed by atoms with Gasteiger partial charge in [-0.1, -0.05) is 23.8 Å². The molecule has 29 heavy (non-hydrogen) atoms. The number of aryl methyl sites for hydroxylation is 2. The molecule has 0 saturated carbocycles. The van der Waals surface area contributed by atoms with Crippen LogP contribution in [0.1, 0.15) is 36.6 Å². The molecule has 1 aliphatic heterocycles. The van der Waals surface area contributed by atoms with E-state index in [2.05, 4.69) is 16.0 Å². The molecule has 7 nitrogen and oxygen atoms in total. The van der Waals surface area contributed by atoms with Crippen LogP contribution in [0.3, 0.4) is 0 Å². The van der Waals surface area contributed by atoms with Crippen molar-refractivity contribution in [1.82, 2.24) is 10.6 Å². The first-order chi connectivity index (χ1) is 13.8. The van der Waals surface area contributed by atoms with E-state index < -0.39 is 12.1 Å². The lowest BCUT2D eigenvalue weighted by molar-refractivity contribution is -0.113. The van der Waals surface area contributed by atoms with Crippen LogP contribution < -0.4 is 20.7 Å². The Balaban J connectivity index is 1.98. The van der Waals surface area contributed by atoms with E-state index in [-0.39, 0.29) is 11.7 Å². The lowest BCUT2D eigenvalue weighted by atomic mass is 9.94. The van der Waals surface area contributed by atoms with E-state index in [1.165, 1.54) is 6.07 Å².